The van der Waals surface area contributed by atoms with Crippen LogP contribution in [0.1, 0.15) is 31.7 Å². The molecule has 0 spiro atoms. The van der Waals surface area contributed by atoms with Crippen LogP contribution in [0.5, 0.6) is 0 Å². The summed E-state index contributed by atoms with van der Waals surface area (Å²) in [5.74, 6) is 0.441. The number of hydrogen-bond donors (Lipinski definition) is 2. The van der Waals surface area contributed by atoms with Gasteiger partial charge in [-0.05, 0) is 80.8 Å². The number of nitrogen functional groups attached to an aromatic ring is 1. The fraction of sp³-hybridized carbons (Fsp3) is 0.393. The lowest BCUT2D eigenvalue weighted by Crippen LogP contribution is -2.43. The molecule has 2 aliphatic heterocycles. The Labute approximate surface area is 212 Å². The molecule has 4 rings (SSSR count). The largest absolute Gasteiger partial charge is 0.461 e. The average Bonchev–Trinajstić information content (AvgIpc) is 2.89. The monoisotopic (exact) mass is 489 g/mol. The number of rotatable bonds is 8. The van der Waals surface area contributed by atoms with E-state index in [1.807, 2.05) is 59.5 Å². The van der Waals surface area contributed by atoms with Gasteiger partial charge in [0.25, 0.3) is 0 Å². The summed E-state index contributed by atoms with van der Waals surface area (Å²) in [7, 11) is 0. The third kappa shape index (κ3) is 6.95. The molecular formula is C28H35N5O3. The zero-order valence-electron chi connectivity index (χ0n) is 20.9. The molecule has 8 nitrogen and oxygen atoms in total. The van der Waals surface area contributed by atoms with Gasteiger partial charge in [0, 0.05) is 37.4 Å². The SMILES string of the molecule is CCOC(=O)/C(=C\C1=CCN(C(=O)C2CCN(Cc3ccnc(N)c3)CC2)CC1)Nc1ccccc1. The van der Waals surface area contributed by atoms with Gasteiger partial charge in [-0.25, -0.2) is 9.78 Å². The summed E-state index contributed by atoms with van der Waals surface area (Å²) < 4.78 is 5.23. The van der Waals surface area contributed by atoms with Crippen LogP contribution in [0.4, 0.5) is 11.5 Å². The predicted octanol–water partition coefficient (Wildman–Crippen LogP) is 3.59. The number of ether oxygens (including phenoxy) is 1. The van der Waals surface area contributed by atoms with Crippen LogP contribution in [0.25, 0.3) is 0 Å². The van der Waals surface area contributed by atoms with E-state index in [9.17, 15) is 9.59 Å². The number of nitrogens with two attached hydrogens (primary N) is 1. The topological polar surface area (TPSA) is 101 Å². The molecule has 0 unspecified atom stereocenters. The molecule has 1 amide bonds. The summed E-state index contributed by atoms with van der Waals surface area (Å²) >= 11 is 0. The van der Waals surface area contributed by atoms with Crippen LogP contribution < -0.4 is 11.1 Å². The molecule has 1 aromatic heterocycles. The van der Waals surface area contributed by atoms with E-state index in [-0.39, 0.29) is 17.8 Å². The first kappa shape index (κ1) is 25.4. The van der Waals surface area contributed by atoms with Gasteiger partial charge in [-0.1, -0.05) is 24.3 Å². The molecule has 0 radical (unpaired) electrons. The highest BCUT2D eigenvalue weighted by Crippen LogP contribution is 2.24. The normalized spacial score (nSPS) is 17.4. The molecule has 1 saturated heterocycles. The Morgan fingerprint density at radius 3 is 2.61 bits per heavy atom. The van der Waals surface area contributed by atoms with E-state index in [4.69, 9.17) is 10.5 Å². The maximum Gasteiger partial charge on any atom is 0.354 e. The molecule has 0 aliphatic carbocycles. The maximum absolute atomic E-state index is 13.2. The van der Waals surface area contributed by atoms with Gasteiger partial charge in [-0.15, -0.1) is 0 Å². The van der Waals surface area contributed by atoms with E-state index in [2.05, 4.69) is 15.2 Å². The van der Waals surface area contributed by atoms with Gasteiger partial charge in [0.1, 0.15) is 11.5 Å². The number of carbonyl (C=O) groups excluding carboxylic acids is 2. The van der Waals surface area contributed by atoms with Crippen molar-refractivity contribution in [2.75, 3.05) is 43.8 Å². The van der Waals surface area contributed by atoms with Crippen molar-refractivity contribution in [1.29, 1.82) is 0 Å². The van der Waals surface area contributed by atoms with E-state index in [0.29, 0.717) is 37.6 Å². The van der Waals surface area contributed by atoms with Crippen molar-refractivity contribution in [2.24, 2.45) is 5.92 Å². The fourth-order valence-corrected chi connectivity index (χ4v) is 4.68. The Kier molecular flexibility index (Phi) is 8.73. The van der Waals surface area contributed by atoms with Gasteiger partial charge in [-0.2, -0.15) is 0 Å². The Balaban J connectivity index is 1.31. The van der Waals surface area contributed by atoms with Gasteiger partial charge >= 0.3 is 5.97 Å². The van der Waals surface area contributed by atoms with Gasteiger partial charge in [0.15, 0.2) is 0 Å². The minimum Gasteiger partial charge on any atom is -0.461 e. The van der Waals surface area contributed by atoms with Crippen LogP contribution in [-0.2, 0) is 20.9 Å². The second-order valence-electron chi connectivity index (χ2n) is 9.22. The molecule has 1 aromatic carbocycles. The minimum absolute atomic E-state index is 0.0593. The van der Waals surface area contributed by atoms with E-state index < -0.39 is 0 Å². The molecule has 8 heteroatoms. The zero-order valence-corrected chi connectivity index (χ0v) is 20.9. The lowest BCUT2D eigenvalue weighted by atomic mass is 9.94. The van der Waals surface area contributed by atoms with Crippen LogP contribution in [0.3, 0.4) is 0 Å². The quantitative estimate of drug-likeness (QED) is 0.432. The van der Waals surface area contributed by atoms with Gasteiger partial charge in [0.2, 0.25) is 5.91 Å². The number of pyridine rings is 1. The standard InChI is InChI=1S/C28H35N5O3/c1-2-36-28(35)25(31-24-6-4-3-5-7-24)18-21-9-16-33(17-10-21)27(34)23-11-14-32(15-12-23)20-22-8-13-30-26(29)19-22/h3-9,13,18-19,23,31H,2,10-12,14-17,20H2,1H3,(H2,29,30)/b25-18+. The number of amides is 1. The van der Waals surface area contributed by atoms with Crippen molar-refractivity contribution >= 4 is 23.4 Å². The van der Waals surface area contributed by atoms with Crippen molar-refractivity contribution in [3.05, 3.63) is 77.6 Å². The van der Waals surface area contributed by atoms with Crippen molar-refractivity contribution in [3.63, 3.8) is 0 Å². The third-order valence-corrected chi connectivity index (χ3v) is 6.62. The van der Waals surface area contributed by atoms with Crippen LogP contribution in [0.15, 0.2) is 72.1 Å². The molecule has 0 atom stereocenters. The van der Waals surface area contributed by atoms with E-state index in [1.54, 1.807) is 13.1 Å². The number of piperidine rings is 1. The van der Waals surface area contributed by atoms with Crippen LogP contribution in [0.2, 0.25) is 0 Å². The number of aromatic nitrogens is 1. The highest BCUT2D eigenvalue weighted by molar-refractivity contribution is 5.92. The van der Waals surface area contributed by atoms with Gasteiger partial charge in [0.05, 0.1) is 6.61 Å². The molecular weight excluding hydrogens is 454 g/mol. The van der Waals surface area contributed by atoms with Crippen LogP contribution in [0, 0.1) is 5.92 Å². The number of carbonyl (C=O) groups is 2. The molecule has 0 bridgehead atoms. The molecule has 1 fully saturated rings. The number of hydrogen-bond acceptors (Lipinski definition) is 7. The maximum atomic E-state index is 13.2. The Bertz CT molecular complexity index is 1110. The highest BCUT2D eigenvalue weighted by atomic mass is 16.5. The number of nitrogens with one attached hydrogen (secondary N) is 1. The first-order valence-electron chi connectivity index (χ1n) is 12.6. The van der Waals surface area contributed by atoms with Crippen molar-refractivity contribution < 1.29 is 14.3 Å². The first-order chi connectivity index (χ1) is 17.5. The van der Waals surface area contributed by atoms with Crippen molar-refractivity contribution in [1.82, 2.24) is 14.8 Å². The Hall–Kier alpha value is -3.65. The summed E-state index contributed by atoms with van der Waals surface area (Å²) in [6.45, 7) is 5.93. The molecule has 36 heavy (non-hydrogen) atoms. The van der Waals surface area contributed by atoms with E-state index in [1.165, 1.54) is 0 Å². The number of nitrogens with zero attached hydrogens (tertiary/aromatic N) is 3. The molecule has 3 N–H and O–H groups in total. The first-order valence-corrected chi connectivity index (χ1v) is 12.6. The fourth-order valence-electron chi connectivity index (χ4n) is 4.68. The number of anilines is 2. The summed E-state index contributed by atoms with van der Waals surface area (Å²) in [4.78, 5) is 34.0. The molecule has 0 saturated carbocycles. The molecule has 190 valence electrons. The second kappa shape index (κ2) is 12.4. The summed E-state index contributed by atoms with van der Waals surface area (Å²) in [6, 6.07) is 13.5. The van der Waals surface area contributed by atoms with Crippen LogP contribution >= 0.6 is 0 Å². The zero-order chi connectivity index (χ0) is 25.3. The number of benzene rings is 1. The third-order valence-electron chi connectivity index (χ3n) is 6.62. The second-order valence-corrected chi connectivity index (χ2v) is 9.22. The summed E-state index contributed by atoms with van der Waals surface area (Å²) in [5.41, 5.74) is 9.19. The van der Waals surface area contributed by atoms with Gasteiger partial charge in [-0.3, -0.25) is 9.69 Å². The van der Waals surface area contributed by atoms with E-state index in [0.717, 1.165) is 49.3 Å². The van der Waals surface area contributed by atoms with Crippen molar-refractivity contribution in [3.8, 4) is 0 Å². The Morgan fingerprint density at radius 1 is 1.17 bits per heavy atom. The predicted molar refractivity (Wildman–Crippen MR) is 141 cm³/mol. The lowest BCUT2D eigenvalue weighted by Gasteiger charge is -2.35. The lowest BCUT2D eigenvalue weighted by molar-refractivity contribution is -0.138. The van der Waals surface area contributed by atoms with Crippen LogP contribution in [-0.4, -0.2) is 59.4 Å². The molecule has 3 heterocycles. The Morgan fingerprint density at radius 2 is 1.94 bits per heavy atom. The summed E-state index contributed by atoms with van der Waals surface area (Å²) in [6.07, 6.45) is 8.04. The van der Waals surface area contributed by atoms with Crippen molar-refractivity contribution in [2.45, 2.75) is 32.7 Å². The minimum atomic E-state index is -0.387. The number of allylic oxidation sites excluding steroid dienone is 1. The number of esters is 1. The van der Waals surface area contributed by atoms with Gasteiger partial charge < -0.3 is 20.7 Å². The number of likely N-dealkylation sites (tertiary alicyclic amines) is 1. The summed E-state index contributed by atoms with van der Waals surface area (Å²) in [5, 5.41) is 3.17. The molecule has 2 aliphatic rings. The highest BCUT2D eigenvalue weighted by Gasteiger charge is 2.29. The average molecular weight is 490 g/mol. The van der Waals surface area contributed by atoms with E-state index >= 15 is 0 Å². The smallest absolute Gasteiger partial charge is 0.354 e. The number of para-hydroxylation sites is 1. The molecule has 2 aromatic rings.